The van der Waals surface area contributed by atoms with Gasteiger partial charge in [0.15, 0.2) is 5.41 Å². The summed E-state index contributed by atoms with van der Waals surface area (Å²) in [4.78, 5) is 25.8. The molecule has 0 amide bonds. The third-order valence-corrected chi connectivity index (χ3v) is 4.91. The van der Waals surface area contributed by atoms with E-state index in [-0.39, 0.29) is 13.2 Å². The molecule has 130 valence electrons. The Kier molecular flexibility index (Phi) is 4.62. The van der Waals surface area contributed by atoms with E-state index in [0.717, 1.165) is 11.1 Å². The molecule has 0 saturated heterocycles. The molecule has 1 aliphatic rings. The Morgan fingerprint density at radius 1 is 0.800 bits per heavy atom. The maximum Gasteiger partial charge on any atom is 0.324 e. The van der Waals surface area contributed by atoms with Crippen molar-refractivity contribution in [2.45, 2.75) is 25.7 Å². The lowest BCUT2D eigenvalue weighted by molar-refractivity contribution is -0.165. The molecular formula is C21H22O4. The van der Waals surface area contributed by atoms with Gasteiger partial charge >= 0.3 is 11.9 Å². The van der Waals surface area contributed by atoms with Gasteiger partial charge in [-0.2, -0.15) is 0 Å². The highest BCUT2D eigenvalue weighted by atomic mass is 16.6. The molecule has 0 aliphatic heterocycles. The lowest BCUT2D eigenvalue weighted by atomic mass is 9.80. The van der Waals surface area contributed by atoms with Crippen LogP contribution >= 0.6 is 0 Å². The van der Waals surface area contributed by atoms with Crippen LogP contribution in [0.5, 0.6) is 0 Å². The molecule has 2 aromatic carbocycles. The standard InChI is InChI=1S/C21H22O4/c1-3-24-18(22)21(19(23)25-4-2)15-20(21,16-11-7-5-8-12-16)17-13-9-6-10-14-17/h5-14H,3-4,15H2,1-2H3. The zero-order chi connectivity index (χ0) is 17.9. The van der Waals surface area contributed by atoms with E-state index in [9.17, 15) is 9.59 Å². The lowest BCUT2D eigenvalue weighted by Gasteiger charge is -2.24. The molecule has 0 bridgehead atoms. The topological polar surface area (TPSA) is 52.6 Å². The SMILES string of the molecule is CCOC(=O)C1(C(=O)OCC)CC1(c1ccccc1)c1ccccc1. The zero-order valence-corrected chi connectivity index (χ0v) is 14.5. The van der Waals surface area contributed by atoms with Crippen LogP contribution in [0.4, 0.5) is 0 Å². The highest BCUT2D eigenvalue weighted by molar-refractivity contribution is 6.07. The summed E-state index contributed by atoms with van der Waals surface area (Å²) < 4.78 is 10.6. The zero-order valence-electron chi connectivity index (χ0n) is 14.5. The number of rotatable bonds is 6. The fraction of sp³-hybridized carbons (Fsp3) is 0.333. The van der Waals surface area contributed by atoms with Crippen molar-refractivity contribution in [2.24, 2.45) is 5.41 Å². The molecule has 1 fully saturated rings. The monoisotopic (exact) mass is 338 g/mol. The van der Waals surface area contributed by atoms with Gasteiger partial charge in [-0.05, 0) is 31.4 Å². The van der Waals surface area contributed by atoms with Gasteiger partial charge in [-0.3, -0.25) is 9.59 Å². The second-order valence-electron chi connectivity index (χ2n) is 6.16. The number of ether oxygens (including phenoxy) is 2. The Morgan fingerprint density at radius 2 is 1.20 bits per heavy atom. The Balaban J connectivity index is 2.19. The van der Waals surface area contributed by atoms with Gasteiger partial charge in [0.2, 0.25) is 0 Å². The van der Waals surface area contributed by atoms with Crippen molar-refractivity contribution >= 4 is 11.9 Å². The molecule has 4 heteroatoms. The fourth-order valence-electron chi connectivity index (χ4n) is 3.75. The summed E-state index contributed by atoms with van der Waals surface area (Å²) in [5.74, 6) is -1.03. The van der Waals surface area contributed by atoms with E-state index in [2.05, 4.69) is 0 Å². The molecule has 0 spiro atoms. The first-order chi connectivity index (χ1) is 12.1. The summed E-state index contributed by atoms with van der Waals surface area (Å²) in [6.45, 7) is 3.93. The van der Waals surface area contributed by atoms with E-state index in [0.29, 0.717) is 6.42 Å². The number of carbonyl (C=O) groups is 2. The van der Waals surface area contributed by atoms with Gasteiger partial charge in [0.1, 0.15) is 0 Å². The molecule has 1 saturated carbocycles. The lowest BCUT2D eigenvalue weighted by Crippen LogP contribution is -2.37. The number of esters is 2. The molecule has 4 nitrogen and oxygen atoms in total. The fourth-order valence-corrected chi connectivity index (χ4v) is 3.75. The first-order valence-electron chi connectivity index (χ1n) is 8.59. The van der Waals surface area contributed by atoms with E-state index >= 15 is 0 Å². The Hall–Kier alpha value is -2.62. The molecule has 0 N–H and O–H groups in total. The molecule has 25 heavy (non-hydrogen) atoms. The minimum atomic E-state index is -1.33. The maximum absolute atomic E-state index is 12.9. The second-order valence-corrected chi connectivity index (χ2v) is 6.16. The van der Waals surface area contributed by atoms with E-state index < -0.39 is 22.8 Å². The van der Waals surface area contributed by atoms with Gasteiger partial charge in [0.25, 0.3) is 0 Å². The summed E-state index contributed by atoms with van der Waals surface area (Å²) in [5.41, 5.74) is -0.250. The Morgan fingerprint density at radius 3 is 1.56 bits per heavy atom. The van der Waals surface area contributed by atoms with Gasteiger partial charge in [0, 0.05) is 5.41 Å². The van der Waals surface area contributed by atoms with Crippen LogP contribution in [-0.4, -0.2) is 25.2 Å². The van der Waals surface area contributed by atoms with Crippen molar-refractivity contribution in [1.29, 1.82) is 0 Å². The van der Waals surface area contributed by atoms with Crippen LogP contribution in [0.2, 0.25) is 0 Å². The average Bonchev–Trinajstić information content (AvgIpc) is 3.37. The normalized spacial score (nSPS) is 16.7. The van der Waals surface area contributed by atoms with Gasteiger partial charge in [0.05, 0.1) is 13.2 Å². The summed E-state index contributed by atoms with van der Waals surface area (Å²) in [6, 6.07) is 19.3. The van der Waals surface area contributed by atoms with Gasteiger partial charge in [-0.25, -0.2) is 0 Å². The molecule has 2 aromatic rings. The van der Waals surface area contributed by atoms with Crippen LogP contribution in [0.15, 0.2) is 60.7 Å². The number of carbonyl (C=O) groups excluding carboxylic acids is 2. The van der Waals surface area contributed by atoms with Crippen LogP contribution in [0, 0.1) is 5.41 Å². The van der Waals surface area contributed by atoms with Crippen LogP contribution < -0.4 is 0 Å². The highest BCUT2D eigenvalue weighted by Crippen LogP contribution is 2.69. The third-order valence-electron chi connectivity index (χ3n) is 4.91. The van der Waals surface area contributed by atoms with Gasteiger partial charge in [-0.15, -0.1) is 0 Å². The second kappa shape index (κ2) is 6.71. The average molecular weight is 338 g/mol. The van der Waals surface area contributed by atoms with E-state index in [1.807, 2.05) is 60.7 Å². The Labute approximate surface area is 147 Å². The quantitative estimate of drug-likeness (QED) is 0.598. The molecule has 0 atom stereocenters. The third kappa shape index (κ3) is 2.53. The highest BCUT2D eigenvalue weighted by Gasteiger charge is 2.79. The number of benzene rings is 2. The smallest absolute Gasteiger partial charge is 0.324 e. The molecule has 0 aromatic heterocycles. The first-order valence-corrected chi connectivity index (χ1v) is 8.59. The summed E-state index contributed by atoms with van der Waals surface area (Å²) >= 11 is 0. The van der Waals surface area contributed by atoms with Crippen molar-refractivity contribution in [3.8, 4) is 0 Å². The predicted molar refractivity (Wildman–Crippen MR) is 94.0 cm³/mol. The van der Waals surface area contributed by atoms with E-state index in [1.54, 1.807) is 13.8 Å². The summed E-state index contributed by atoms with van der Waals surface area (Å²) in [7, 11) is 0. The van der Waals surface area contributed by atoms with E-state index in [1.165, 1.54) is 0 Å². The van der Waals surface area contributed by atoms with Gasteiger partial charge in [-0.1, -0.05) is 60.7 Å². The predicted octanol–water partition coefficient (Wildman–Crippen LogP) is 3.49. The van der Waals surface area contributed by atoms with Crippen LogP contribution in [0.25, 0.3) is 0 Å². The van der Waals surface area contributed by atoms with Crippen molar-refractivity contribution in [3.63, 3.8) is 0 Å². The number of hydrogen-bond acceptors (Lipinski definition) is 4. The van der Waals surface area contributed by atoms with Crippen molar-refractivity contribution < 1.29 is 19.1 Å². The largest absolute Gasteiger partial charge is 0.465 e. The number of hydrogen-bond donors (Lipinski definition) is 0. The summed E-state index contributed by atoms with van der Waals surface area (Å²) in [6.07, 6.45) is 0.353. The molecular weight excluding hydrogens is 316 g/mol. The molecule has 3 rings (SSSR count). The van der Waals surface area contributed by atoms with Crippen LogP contribution in [-0.2, 0) is 24.5 Å². The van der Waals surface area contributed by atoms with Crippen LogP contribution in [0.3, 0.4) is 0 Å². The molecule has 0 unspecified atom stereocenters. The van der Waals surface area contributed by atoms with Gasteiger partial charge < -0.3 is 9.47 Å². The summed E-state index contributed by atoms with van der Waals surface area (Å²) in [5, 5.41) is 0. The molecule has 0 heterocycles. The maximum atomic E-state index is 12.9. The van der Waals surface area contributed by atoms with E-state index in [4.69, 9.17) is 9.47 Å². The van der Waals surface area contributed by atoms with Crippen molar-refractivity contribution in [2.75, 3.05) is 13.2 Å². The van der Waals surface area contributed by atoms with Crippen molar-refractivity contribution in [1.82, 2.24) is 0 Å². The first kappa shape index (κ1) is 17.2. The molecule has 0 radical (unpaired) electrons. The molecule has 1 aliphatic carbocycles. The van der Waals surface area contributed by atoms with Crippen LogP contribution in [0.1, 0.15) is 31.4 Å². The minimum absolute atomic E-state index is 0.222. The van der Waals surface area contributed by atoms with Crippen molar-refractivity contribution in [3.05, 3.63) is 71.8 Å². The minimum Gasteiger partial charge on any atom is -0.465 e. The Bertz CT molecular complexity index is 694.